The van der Waals surface area contributed by atoms with E-state index in [0.29, 0.717) is 0 Å². The van der Waals surface area contributed by atoms with E-state index in [0.717, 1.165) is 49.7 Å². The summed E-state index contributed by atoms with van der Waals surface area (Å²) in [6, 6.07) is 3.55. The maximum Gasteiger partial charge on any atom is 0.339 e. The Morgan fingerprint density at radius 1 is 1.11 bits per heavy atom. The molecule has 2 N–H and O–H groups in total. The van der Waals surface area contributed by atoms with Crippen LogP contribution in [0.25, 0.3) is 0 Å². The number of rotatable bonds is 7. The molecule has 0 fully saturated rings. The normalized spacial score (nSPS) is 10.0. The van der Waals surface area contributed by atoms with Gasteiger partial charge in [-0.25, -0.2) is 4.79 Å². The van der Waals surface area contributed by atoms with Crippen LogP contribution in [0.3, 0.4) is 0 Å². The Kier molecular flexibility index (Phi) is 7.97. The van der Waals surface area contributed by atoms with E-state index in [1.165, 1.54) is 0 Å². The maximum atomic E-state index is 11.1. The molecule has 4 heteroatoms. The van der Waals surface area contributed by atoms with Crippen LogP contribution in [0.15, 0.2) is 12.1 Å². The molecule has 0 aromatic heterocycles. The number of hydrogen-bond acceptors (Lipinski definition) is 2. The number of phenols is 1. The Balaban J connectivity index is 0.00000324. The molecule has 0 aliphatic carbocycles. The van der Waals surface area contributed by atoms with Crippen LogP contribution in [0, 0.1) is 0 Å². The lowest BCUT2D eigenvalue weighted by molar-refractivity contribution is 0.0693. The second kappa shape index (κ2) is 8.62. The van der Waals surface area contributed by atoms with Gasteiger partial charge < -0.3 is 10.2 Å². The van der Waals surface area contributed by atoms with Crippen LogP contribution in [0.1, 0.15) is 61.0 Å². The molecule has 0 atom stereocenters. The molecule has 0 heterocycles. The number of carboxylic acid groups (broad SMARTS) is 1. The quantitative estimate of drug-likeness (QED) is 0.739. The van der Waals surface area contributed by atoms with Crippen molar-refractivity contribution in [2.24, 2.45) is 0 Å². The first-order valence-electron chi connectivity index (χ1n) is 6.68. The smallest absolute Gasteiger partial charge is 0.339 e. The zero-order chi connectivity index (χ0) is 13.5. The van der Waals surface area contributed by atoms with E-state index in [1.54, 1.807) is 6.07 Å². The minimum atomic E-state index is -1.05. The van der Waals surface area contributed by atoms with Crippen molar-refractivity contribution in [2.45, 2.75) is 52.4 Å². The number of carbonyl (C=O) groups is 1. The lowest BCUT2D eigenvalue weighted by Gasteiger charge is -2.10. The van der Waals surface area contributed by atoms with Crippen molar-refractivity contribution in [1.82, 2.24) is 0 Å². The van der Waals surface area contributed by atoms with Crippen molar-refractivity contribution in [2.75, 3.05) is 0 Å². The van der Waals surface area contributed by atoms with Crippen molar-refractivity contribution in [1.29, 1.82) is 0 Å². The average Bonchev–Trinajstić information content (AvgIpc) is 2.35. The van der Waals surface area contributed by atoms with E-state index in [9.17, 15) is 9.90 Å². The number of aromatic hydroxyl groups is 1. The Labute approximate surface area is 117 Å². The van der Waals surface area contributed by atoms with Gasteiger partial charge >= 0.3 is 5.97 Å². The zero-order valence-corrected chi connectivity index (χ0v) is 11.8. The van der Waals surface area contributed by atoms with Gasteiger partial charge in [0.25, 0.3) is 0 Å². The lowest BCUT2D eigenvalue weighted by Crippen LogP contribution is -2.02. The standard InChI is InChI=1S/C15H22O3.B/c1-3-5-7-11-9-12(8-6-4-2)14(16)13(10-11)15(17)18;/h9-10,16H,3-8H2,1-2H3,(H,17,18);. The van der Waals surface area contributed by atoms with Gasteiger partial charge in [0.05, 0.1) is 0 Å². The topological polar surface area (TPSA) is 57.5 Å². The van der Waals surface area contributed by atoms with E-state index in [2.05, 4.69) is 13.8 Å². The van der Waals surface area contributed by atoms with Gasteiger partial charge in [-0.15, -0.1) is 0 Å². The van der Waals surface area contributed by atoms with Crippen LogP contribution in [-0.2, 0) is 12.8 Å². The van der Waals surface area contributed by atoms with Crippen molar-refractivity contribution >= 4 is 14.4 Å². The molecule has 3 radical (unpaired) electrons. The van der Waals surface area contributed by atoms with Crippen molar-refractivity contribution in [3.63, 3.8) is 0 Å². The Hall–Kier alpha value is -1.45. The molecule has 0 aliphatic rings. The molecule has 0 spiro atoms. The fourth-order valence-corrected chi connectivity index (χ4v) is 2.01. The second-order valence-electron chi connectivity index (χ2n) is 4.66. The van der Waals surface area contributed by atoms with Gasteiger partial charge in [0.2, 0.25) is 0 Å². The van der Waals surface area contributed by atoms with Gasteiger partial charge in [0, 0.05) is 8.41 Å². The summed E-state index contributed by atoms with van der Waals surface area (Å²) in [5, 5.41) is 19.1. The first kappa shape index (κ1) is 17.6. The number of carboxylic acids is 1. The van der Waals surface area contributed by atoms with E-state index in [-0.39, 0.29) is 19.7 Å². The molecular formula is C15H22BO3. The van der Waals surface area contributed by atoms with E-state index in [4.69, 9.17) is 5.11 Å². The van der Waals surface area contributed by atoms with Gasteiger partial charge in [-0.3, -0.25) is 0 Å². The van der Waals surface area contributed by atoms with Gasteiger partial charge in [-0.2, -0.15) is 0 Å². The molecule has 0 saturated heterocycles. The highest BCUT2D eigenvalue weighted by molar-refractivity contribution is 5.91. The minimum Gasteiger partial charge on any atom is -0.507 e. The summed E-state index contributed by atoms with van der Waals surface area (Å²) in [5.41, 5.74) is 1.82. The van der Waals surface area contributed by atoms with Crippen LogP contribution >= 0.6 is 0 Å². The molecule has 0 saturated carbocycles. The molecule has 1 aromatic rings. The lowest BCUT2D eigenvalue weighted by atomic mass is 9.97. The highest BCUT2D eigenvalue weighted by Gasteiger charge is 2.15. The highest BCUT2D eigenvalue weighted by Crippen LogP contribution is 2.27. The predicted molar refractivity (Wildman–Crippen MR) is 78.0 cm³/mol. The molecule has 19 heavy (non-hydrogen) atoms. The molecule has 0 bridgehead atoms. The molecule has 1 aromatic carbocycles. The van der Waals surface area contributed by atoms with E-state index < -0.39 is 5.97 Å². The molecule has 1 rings (SSSR count). The van der Waals surface area contributed by atoms with Crippen molar-refractivity contribution < 1.29 is 15.0 Å². The van der Waals surface area contributed by atoms with Gasteiger partial charge in [0.1, 0.15) is 11.3 Å². The maximum absolute atomic E-state index is 11.1. The number of hydrogen-bond donors (Lipinski definition) is 2. The third kappa shape index (κ3) is 4.97. The third-order valence-corrected chi connectivity index (χ3v) is 3.10. The van der Waals surface area contributed by atoms with Crippen LogP contribution in [-0.4, -0.2) is 24.6 Å². The summed E-state index contributed by atoms with van der Waals surface area (Å²) in [6.45, 7) is 4.19. The van der Waals surface area contributed by atoms with Gasteiger partial charge in [-0.1, -0.05) is 32.8 Å². The average molecular weight is 261 g/mol. The molecule has 103 valence electrons. The van der Waals surface area contributed by atoms with E-state index in [1.807, 2.05) is 6.07 Å². The van der Waals surface area contributed by atoms with Crippen LogP contribution in [0.4, 0.5) is 0 Å². The first-order valence-corrected chi connectivity index (χ1v) is 6.68. The van der Waals surface area contributed by atoms with Gasteiger partial charge in [0.15, 0.2) is 0 Å². The number of unbranched alkanes of at least 4 members (excludes halogenated alkanes) is 2. The Morgan fingerprint density at radius 2 is 1.68 bits per heavy atom. The third-order valence-electron chi connectivity index (χ3n) is 3.10. The Morgan fingerprint density at radius 3 is 2.21 bits per heavy atom. The minimum absolute atomic E-state index is 0. The molecule has 3 nitrogen and oxygen atoms in total. The summed E-state index contributed by atoms with van der Waals surface area (Å²) in [7, 11) is 0. The number of benzene rings is 1. The van der Waals surface area contributed by atoms with Crippen LogP contribution < -0.4 is 0 Å². The molecule has 0 unspecified atom stereocenters. The van der Waals surface area contributed by atoms with E-state index >= 15 is 0 Å². The fraction of sp³-hybridized carbons (Fsp3) is 0.533. The predicted octanol–water partition coefficient (Wildman–Crippen LogP) is 3.39. The van der Waals surface area contributed by atoms with Crippen LogP contribution in [0.2, 0.25) is 0 Å². The summed E-state index contributed by atoms with van der Waals surface area (Å²) in [5.74, 6) is -1.11. The monoisotopic (exact) mass is 261 g/mol. The number of aromatic carboxylic acids is 1. The molecule has 0 aliphatic heterocycles. The fourth-order valence-electron chi connectivity index (χ4n) is 2.01. The summed E-state index contributed by atoms with van der Waals surface area (Å²) >= 11 is 0. The SMILES string of the molecule is CCCCc1cc(CCCC)c(O)c(C(=O)O)c1.[B]. The van der Waals surface area contributed by atoms with Gasteiger partial charge in [-0.05, 0) is 42.9 Å². The summed E-state index contributed by atoms with van der Waals surface area (Å²) in [4.78, 5) is 11.1. The molecule has 0 amide bonds. The van der Waals surface area contributed by atoms with Crippen LogP contribution in [0.5, 0.6) is 5.75 Å². The summed E-state index contributed by atoms with van der Waals surface area (Å²) in [6.07, 6.45) is 5.72. The summed E-state index contributed by atoms with van der Waals surface area (Å²) < 4.78 is 0. The largest absolute Gasteiger partial charge is 0.507 e. The van der Waals surface area contributed by atoms with Crippen molar-refractivity contribution in [3.8, 4) is 5.75 Å². The molecular weight excluding hydrogens is 239 g/mol. The zero-order valence-electron chi connectivity index (χ0n) is 11.8. The highest BCUT2D eigenvalue weighted by atomic mass is 16.4. The Bertz CT molecular complexity index is 416. The van der Waals surface area contributed by atoms with Crippen molar-refractivity contribution in [3.05, 3.63) is 28.8 Å². The second-order valence-corrected chi connectivity index (χ2v) is 4.66. The number of aryl methyl sites for hydroxylation is 2. The first-order chi connectivity index (χ1) is 8.60.